The Kier molecular flexibility index (Phi) is 8.18. The number of methoxy groups -OCH3 is 1. The molecule has 202 valence electrons. The highest BCUT2D eigenvalue weighted by Crippen LogP contribution is 2.29. The molecule has 3 heterocycles. The Morgan fingerprint density at radius 3 is 2.13 bits per heavy atom. The average molecular weight is 522 g/mol. The minimum Gasteiger partial charge on any atom is -0.508 e. The van der Waals surface area contributed by atoms with Crippen LogP contribution in [0.3, 0.4) is 0 Å². The molecule has 38 heavy (non-hydrogen) atoms. The van der Waals surface area contributed by atoms with Gasteiger partial charge in [-0.05, 0) is 42.9 Å². The predicted octanol–water partition coefficient (Wildman–Crippen LogP) is 3.31. The summed E-state index contributed by atoms with van der Waals surface area (Å²) in [6.45, 7) is 10.4. The molecule has 3 atom stereocenters. The van der Waals surface area contributed by atoms with Crippen LogP contribution in [0, 0.1) is 18.8 Å². The molecule has 12 heteroatoms. The van der Waals surface area contributed by atoms with E-state index in [-0.39, 0.29) is 23.8 Å². The summed E-state index contributed by atoms with van der Waals surface area (Å²) >= 11 is 0. The lowest BCUT2D eigenvalue weighted by atomic mass is 10.0. The molecule has 0 aliphatic heterocycles. The van der Waals surface area contributed by atoms with Crippen molar-refractivity contribution in [2.24, 2.45) is 11.8 Å². The van der Waals surface area contributed by atoms with Crippen molar-refractivity contribution < 1.29 is 14.6 Å². The number of aromatic nitrogens is 9. The number of ether oxygens (including phenoxy) is 1. The molecule has 0 fully saturated rings. The van der Waals surface area contributed by atoms with Crippen LogP contribution in [0.4, 0.5) is 0 Å². The molecule has 0 unspecified atom stereocenters. The maximum absolute atomic E-state index is 12.7. The standard InChI is InChI=1S/C26H35N9O3/c1-16(2)11-23(33-13-18(5)27-30-33)21-14-35(32-28-21)25(17(3)4)22-15-34(31-29-22)24(26(37)38-6)12-19-7-9-20(36)10-8-19/h7-10,13-17,23-25,36H,11-12H2,1-6H3/t23-,24-,25-/m0/s1. The van der Waals surface area contributed by atoms with E-state index in [1.54, 1.807) is 35.1 Å². The summed E-state index contributed by atoms with van der Waals surface area (Å²) in [5.74, 6) is 0.256. The summed E-state index contributed by atoms with van der Waals surface area (Å²) in [7, 11) is 1.35. The summed E-state index contributed by atoms with van der Waals surface area (Å²) in [6, 6.07) is 5.64. The molecular formula is C26H35N9O3. The Hall–Kier alpha value is -4.09. The average Bonchev–Trinajstić information content (AvgIpc) is 3.64. The molecule has 1 N–H and O–H groups in total. The molecular weight excluding hydrogens is 486 g/mol. The third-order valence-corrected chi connectivity index (χ3v) is 6.41. The minimum atomic E-state index is -0.712. The SMILES string of the molecule is COC(=O)[C@H](Cc1ccc(O)cc1)n1cc([C@H](C(C)C)n2cc([C@H](CC(C)C)n3cc(C)nn3)nn2)nn1. The van der Waals surface area contributed by atoms with Crippen molar-refractivity contribution in [1.29, 1.82) is 0 Å². The number of aromatic hydroxyl groups is 1. The number of phenols is 1. The van der Waals surface area contributed by atoms with Crippen molar-refractivity contribution in [3.8, 4) is 5.75 Å². The van der Waals surface area contributed by atoms with E-state index in [1.165, 1.54) is 11.8 Å². The van der Waals surface area contributed by atoms with Gasteiger partial charge in [0.1, 0.15) is 23.2 Å². The number of nitrogens with zero attached hydrogens (tertiary/aromatic N) is 9. The lowest BCUT2D eigenvalue weighted by molar-refractivity contribution is -0.144. The lowest BCUT2D eigenvalue weighted by Gasteiger charge is -2.19. The molecule has 0 radical (unpaired) electrons. The van der Waals surface area contributed by atoms with Gasteiger partial charge < -0.3 is 9.84 Å². The van der Waals surface area contributed by atoms with E-state index in [1.807, 2.05) is 24.0 Å². The number of benzene rings is 1. The van der Waals surface area contributed by atoms with E-state index in [4.69, 9.17) is 4.74 Å². The highest BCUT2D eigenvalue weighted by atomic mass is 16.5. The van der Waals surface area contributed by atoms with Gasteiger partial charge in [0.2, 0.25) is 0 Å². The smallest absolute Gasteiger partial charge is 0.331 e. The number of rotatable bonds is 11. The Morgan fingerprint density at radius 2 is 1.53 bits per heavy atom. The molecule has 1 aromatic carbocycles. The molecule has 0 amide bonds. The van der Waals surface area contributed by atoms with Crippen molar-refractivity contribution in [3.05, 3.63) is 65.5 Å². The highest BCUT2D eigenvalue weighted by Gasteiger charge is 2.29. The molecule has 0 saturated carbocycles. The van der Waals surface area contributed by atoms with Gasteiger partial charge in [0.25, 0.3) is 0 Å². The molecule has 0 aliphatic carbocycles. The number of aryl methyl sites for hydroxylation is 1. The minimum absolute atomic E-state index is 0.0949. The Labute approximate surface area is 221 Å². The van der Waals surface area contributed by atoms with Crippen molar-refractivity contribution in [2.45, 2.75) is 65.6 Å². The fourth-order valence-electron chi connectivity index (χ4n) is 4.54. The van der Waals surface area contributed by atoms with Gasteiger partial charge in [-0.25, -0.2) is 18.8 Å². The van der Waals surface area contributed by atoms with Gasteiger partial charge >= 0.3 is 5.97 Å². The second-order valence-corrected chi connectivity index (χ2v) is 10.3. The summed E-state index contributed by atoms with van der Waals surface area (Å²) < 4.78 is 10.2. The Bertz CT molecular complexity index is 1340. The zero-order valence-electron chi connectivity index (χ0n) is 22.6. The predicted molar refractivity (Wildman–Crippen MR) is 138 cm³/mol. The number of carbonyl (C=O) groups is 1. The lowest BCUT2D eigenvalue weighted by Crippen LogP contribution is -2.24. The number of phenolic OH excluding ortho intramolecular Hbond substituents is 1. The molecule has 0 aliphatic rings. The summed E-state index contributed by atoms with van der Waals surface area (Å²) in [4.78, 5) is 12.7. The fourth-order valence-corrected chi connectivity index (χ4v) is 4.54. The third-order valence-electron chi connectivity index (χ3n) is 6.41. The van der Waals surface area contributed by atoms with Gasteiger partial charge in [0.15, 0.2) is 6.04 Å². The van der Waals surface area contributed by atoms with Crippen LogP contribution in [0.1, 0.15) is 74.9 Å². The molecule has 4 rings (SSSR count). The molecule has 0 bridgehead atoms. The summed E-state index contributed by atoms with van der Waals surface area (Å²) in [6.07, 6.45) is 6.78. The maximum Gasteiger partial charge on any atom is 0.331 e. The van der Waals surface area contributed by atoms with Crippen molar-refractivity contribution in [1.82, 2.24) is 45.0 Å². The van der Waals surface area contributed by atoms with E-state index in [0.29, 0.717) is 18.0 Å². The van der Waals surface area contributed by atoms with Gasteiger partial charge in [0, 0.05) is 12.6 Å². The van der Waals surface area contributed by atoms with E-state index in [9.17, 15) is 9.90 Å². The maximum atomic E-state index is 12.7. The third kappa shape index (κ3) is 6.06. The fraction of sp³-hybridized carbons (Fsp3) is 0.500. The monoisotopic (exact) mass is 521 g/mol. The summed E-state index contributed by atoms with van der Waals surface area (Å²) in [5.41, 5.74) is 3.15. The van der Waals surface area contributed by atoms with Gasteiger partial charge in [0.05, 0.1) is 31.2 Å². The van der Waals surface area contributed by atoms with Crippen LogP contribution in [-0.4, -0.2) is 63.2 Å². The zero-order valence-corrected chi connectivity index (χ0v) is 22.6. The van der Waals surface area contributed by atoms with E-state index in [2.05, 4.69) is 58.6 Å². The first-order valence-corrected chi connectivity index (χ1v) is 12.7. The Balaban J connectivity index is 1.63. The van der Waals surface area contributed by atoms with Crippen LogP contribution in [0.25, 0.3) is 0 Å². The number of carbonyl (C=O) groups excluding carboxylic acids is 1. The highest BCUT2D eigenvalue weighted by molar-refractivity contribution is 5.74. The van der Waals surface area contributed by atoms with Gasteiger partial charge in [-0.2, -0.15) is 0 Å². The van der Waals surface area contributed by atoms with E-state index in [0.717, 1.165) is 23.4 Å². The second kappa shape index (κ2) is 11.5. The first-order valence-electron chi connectivity index (χ1n) is 12.7. The van der Waals surface area contributed by atoms with Crippen LogP contribution in [-0.2, 0) is 16.0 Å². The van der Waals surface area contributed by atoms with Crippen LogP contribution < -0.4 is 0 Å². The van der Waals surface area contributed by atoms with Crippen LogP contribution in [0.2, 0.25) is 0 Å². The first-order chi connectivity index (χ1) is 18.2. The largest absolute Gasteiger partial charge is 0.508 e. The quantitative estimate of drug-likeness (QED) is 0.294. The molecule has 0 saturated heterocycles. The number of esters is 1. The van der Waals surface area contributed by atoms with Crippen LogP contribution >= 0.6 is 0 Å². The normalized spacial score (nSPS) is 14.1. The number of hydrogen-bond acceptors (Lipinski definition) is 9. The Morgan fingerprint density at radius 1 is 0.895 bits per heavy atom. The molecule has 12 nitrogen and oxygen atoms in total. The molecule has 0 spiro atoms. The van der Waals surface area contributed by atoms with Crippen molar-refractivity contribution in [3.63, 3.8) is 0 Å². The van der Waals surface area contributed by atoms with Crippen LogP contribution in [0.5, 0.6) is 5.75 Å². The van der Waals surface area contributed by atoms with Gasteiger partial charge in [-0.15, -0.1) is 15.3 Å². The van der Waals surface area contributed by atoms with Gasteiger partial charge in [-0.3, -0.25) is 0 Å². The zero-order chi connectivity index (χ0) is 27.4. The van der Waals surface area contributed by atoms with Crippen LogP contribution in [0.15, 0.2) is 42.9 Å². The first kappa shape index (κ1) is 27.0. The topological polar surface area (TPSA) is 139 Å². The van der Waals surface area contributed by atoms with E-state index < -0.39 is 12.0 Å². The van der Waals surface area contributed by atoms with Crippen molar-refractivity contribution >= 4 is 5.97 Å². The molecule has 4 aromatic rings. The summed E-state index contributed by atoms with van der Waals surface area (Å²) in [5, 5.41) is 35.7. The van der Waals surface area contributed by atoms with E-state index >= 15 is 0 Å². The van der Waals surface area contributed by atoms with Gasteiger partial charge in [-0.1, -0.05) is 55.5 Å². The second-order valence-electron chi connectivity index (χ2n) is 10.3. The molecule has 3 aromatic heterocycles. The van der Waals surface area contributed by atoms with Crippen molar-refractivity contribution in [2.75, 3.05) is 7.11 Å². The number of hydrogen-bond donors (Lipinski definition) is 1.